The van der Waals surface area contributed by atoms with Crippen LogP contribution < -0.4 is 0 Å². The van der Waals surface area contributed by atoms with E-state index in [0.29, 0.717) is 0 Å². The van der Waals surface area contributed by atoms with Crippen LogP contribution in [0.4, 0.5) is 0 Å². The molecular weight excluding hydrogens is 228 g/mol. The topological polar surface area (TPSA) is 26.5 Å². The van der Waals surface area contributed by atoms with E-state index in [2.05, 4.69) is 43.7 Å². The molecule has 0 aliphatic heterocycles. The standard InChI is InChI=1S/C13H20N2OSi/c1-13(2,3)17(5,6)16-12(14-4)11-8-7-9-15-10-11/h7-10,12H,1-3,5-6H3. The van der Waals surface area contributed by atoms with Gasteiger partial charge in [0, 0.05) is 12.4 Å². The van der Waals surface area contributed by atoms with Crippen molar-refractivity contribution in [1.82, 2.24) is 4.98 Å². The Bertz CT molecular complexity index is 404. The normalized spacial score (nSPS) is 14.1. The van der Waals surface area contributed by atoms with Gasteiger partial charge in [0.05, 0.1) is 5.56 Å². The van der Waals surface area contributed by atoms with Crippen molar-refractivity contribution in [3.63, 3.8) is 0 Å². The minimum atomic E-state index is -1.91. The number of rotatable bonds is 3. The molecule has 0 aliphatic carbocycles. The summed E-state index contributed by atoms with van der Waals surface area (Å²) in [5, 5.41) is 0.109. The Morgan fingerprint density at radius 1 is 1.41 bits per heavy atom. The highest BCUT2D eigenvalue weighted by Crippen LogP contribution is 2.39. The lowest BCUT2D eigenvalue weighted by Crippen LogP contribution is -2.41. The minimum absolute atomic E-state index is 0.109. The van der Waals surface area contributed by atoms with Crippen LogP contribution in [-0.2, 0) is 4.43 Å². The molecule has 17 heavy (non-hydrogen) atoms. The first kappa shape index (κ1) is 13.9. The van der Waals surface area contributed by atoms with E-state index in [1.807, 2.05) is 12.1 Å². The summed E-state index contributed by atoms with van der Waals surface area (Å²) in [5.41, 5.74) is 0.840. The van der Waals surface area contributed by atoms with Gasteiger partial charge >= 0.3 is 6.23 Å². The predicted molar refractivity (Wildman–Crippen MR) is 71.9 cm³/mol. The second-order valence-electron chi connectivity index (χ2n) is 5.65. The monoisotopic (exact) mass is 248 g/mol. The Kier molecular flexibility index (Phi) is 4.07. The van der Waals surface area contributed by atoms with E-state index in [-0.39, 0.29) is 5.04 Å². The Morgan fingerprint density at radius 2 is 2.06 bits per heavy atom. The molecule has 0 aliphatic rings. The molecule has 1 aromatic heterocycles. The Labute approximate surface area is 105 Å². The summed E-state index contributed by atoms with van der Waals surface area (Å²) in [5.74, 6) is 0. The number of nitrogens with zero attached hydrogens (tertiary/aromatic N) is 2. The number of hydrogen-bond acceptors (Lipinski definition) is 2. The van der Waals surface area contributed by atoms with Crippen LogP contribution in [0, 0.1) is 6.57 Å². The van der Waals surface area contributed by atoms with Crippen molar-refractivity contribution >= 4 is 8.32 Å². The van der Waals surface area contributed by atoms with Gasteiger partial charge in [-0.25, -0.2) is 6.57 Å². The quantitative estimate of drug-likeness (QED) is 0.596. The fourth-order valence-electron chi connectivity index (χ4n) is 1.15. The molecule has 0 saturated carbocycles. The van der Waals surface area contributed by atoms with Crippen molar-refractivity contribution in [3.8, 4) is 0 Å². The summed E-state index contributed by atoms with van der Waals surface area (Å²) in [6, 6.07) is 3.73. The van der Waals surface area contributed by atoms with Gasteiger partial charge in [0.15, 0.2) is 0 Å². The molecule has 3 nitrogen and oxygen atoms in total. The molecule has 0 amide bonds. The van der Waals surface area contributed by atoms with Crippen molar-refractivity contribution in [2.45, 2.75) is 45.1 Å². The van der Waals surface area contributed by atoms with E-state index >= 15 is 0 Å². The van der Waals surface area contributed by atoms with E-state index < -0.39 is 14.5 Å². The van der Waals surface area contributed by atoms with Crippen molar-refractivity contribution in [3.05, 3.63) is 41.5 Å². The zero-order valence-electron chi connectivity index (χ0n) is 11.2. The summed E-state index contributed by atoms with van der Waals surface area (Å²) < 4.78 is 6.08. The van der Waals surface area contributed by atoms with Gasteiger partial charge in [0.2, 0.25) is 8.32 Å². The lowest BCUT2D eigenvalue weighted by molar-refractivity contribution is 0.227. The molecular formula is C13H20N2OSi. The molecule has 1 unspecified atom stereocenters. The Balaban J connectivity index is 2.90. The summed E-state index contributed by atoms with van der Waals surface area (Å²) in [6.07, 6.45) is 2.89. The molecule has 0 aromatic carbocycles. The Hall–Kier alpha value is -1.18. The highest BCUT2D eigenvalue weighted by atomic mass is 28.4. The SMILES string of the molecule is [C-]#[N+]C(O[Si](C)(C)C(C)(C)C)c1cccnc1. The largest absolute Gasteiger partial charge is 0.349 e. The summed E-state index contributed by atoms with van der Waals surface area (Å²) >= 11 is 0. The van der Waals surface area contributed by atoms with Gasteiger partial charge in [-0.3, -0.25) is 9.83 Å². The third-order valence-electron chi connectivity index (χ3n) is 3.30. The van der Waals surface area contributed by atoms with Gasteiger partial charge in [0.25, 0.3) is 0 Å². The van der Waals surface area contributed by atoms with Gasteiger partial charge in [-0.2, -0.15) is 0 Å². The molecule has 0 N–H and O–H groups in total. The average Bonchev–Trinajstić information content (AvgIpc) is 2.25. The Morgan fingerprint density at radius 3 is 2.47 bits per heavy atom. The second kappa shape index (κ2) is 4.99. The van der Waals surface area contributed by atoms with Crippen LogP contribution in [0.5, 0.6) is 0 Å². The van der Waals surface area contributed by atoms with E-state index in [1.165, 1.54) is 0 Å². The van der Waals surface area contributed by atoms with Crippen LogP contribution in [0.15, 0.2) is 24.5 Å². The van der Waals surface area contributed by atoms with Gasteiger partial charge in [-0.15, -0.1) is 0 Å². The number of hydrogen-bond donors (Lipinski definition) is 0. The smallest absolute Gasteiger partial charge is 0.347 e. The molecule has 0 spiro atoms. The zero-order valence-corrected chi connectivity index (χ0v) is 12.2. The molecule has 1 atom stereocenters. The van der Waals surface area contributed by atoms with Crippen molar-refractivity contribution in [2.75, 3.05) is 0 Å². The van der Waals surface area contributed by atoms with Crippen molar-refractivity contribution in [2.24, 2.45) is 0 Å². The lowest BCUT2D eigenvalue weighted by Gasteiger charge is -2.35. The van der Waals surface area contributed by atoms with Crippen LogP contribution in [0.1, 0.15) is 32.6 Å². The van der Waals surface area contributed by atoms with E-state index in [0.717, 1.165) is 5.56 Å². The third kappa shape index (κ3) is 3.38. The molecule has 1 rings (SSSR count). The number of aromatic nitrogens is 1. The fourth-order valence-corrected chi connectivity index (χ4v) is 2.25. The van der Waals surface area contributed by atoms with E-state index in [9.17, 15) is 0 Å². The first-order valence-corrected chi connectivity index (χ1v) is 8.63. The van der Waals surface area contributed by atoms with Crippen LogP contribution in [0.2, 0.25) is 18.1 Å². The molecule has 92 valence electrons. The maximum atomic E-state index is 7.28. The molecule has 0 bridgehead atoms. The van der Waals surface area contributed by atoms with E-state index in [4.69, 9.17) is 11.0 Å². The molecule has 1 heterocycles. The first-order chi connectivity index (χ1) is 7.78. The maximum Gasteiger partial charge on any atom is 0.347 e. The van der Waals surface area contributed by atoms with Crippen LogP contribution in [0.3, 0.4) is 0 Å². The zero-order chi connectivity index (χ0) is 13.1. The summed E-state index contributed by atoms with van der Waals surface area (Å²) in [6.45, 7) is 18.1. The summed E-state index contributed by atoms with van der Waals surface area (Å²) in [4.78, 5) is 7.62. The van der Waals surface area contributed by atoms with Crippen LogP contribution in [0.25, 0.3) is 4.85 Å². The van der Waals surface area contributed by atoms with Gasteiger partial charge in [0.1, 0.15) is 0 Å². The van der Waals surface area contributed by atoms with Crippen LogP contribution >= 0.6 is 0 Å². The highest BCUT2D eigenvalue weighted by molar-refractivity contribution is 6.74. The van der Waals surface area contributed by atoms with Gasteiger partial charge in [-0.05, 0) is 30.3 Å². The molecule has 0 radical (unpaired) electrons. The minimum Gasteiger partial charge on any atom is -0.349 e. The summed E-state index contributed by atoms with van der Waals surface area (Å²) in [7, 11) is -1.91. The van der Waals surface area contributed by atoms with E-state index in [1.54, 1.807) is 12.4 Å². The molecule has 0 saturated heterocycles. The third-order valence-corrected chi connectivity index (χ3v) is 7.72. The van der Waals surface area contributed by atoms with Gasteiger partial charge < -0.3 is 4.43 Å². The van der Waals surface area contributed by atoms with Crippen molar-refractivity contribution in [1.29, 1.82) is 0 Å². The fraction of sp³-hybridized carbons (Fsp3) is 0.538. The average molecular weight is 248 g/mol. The maximum absolute atomic E-state index is 7.28. The van der Waals surface area contributed by atoms with Crippen LogP contribution in [-0.4, -0.2) is 13.3 Å². The van der Waals surface area contributed by atoms with Crippen molar-refractivity contribution < 1.29 is 4.43 Å². The second-order valence-corrected chi connectivity index (χ2v) is 10.4. The highest BCUT2D eigenvalue weighted by Gasteiger charge is 2.41. The molecule has 1 aromatic rings. The first-order valence-electron chi connectivity index (χ1n) is 5.72. The van der Waals surface area contributed by atoms with Gasteiger partial charge in [-0.1, -0.05) is 20.8 Å². The molecule has 0 fully saturated rings. The molecule has 4 heteroatoms. The number of pyridine rings is 1. The predicted octanol–water partition coefficient (Wildman–Crippen LogP) is 4.02. The lowest BCUT2D eigenvalue weighted by atomic mass is 10.2.